The van der Waals surface area contributed by atoms with Crippen LogP contribution in [-0.2, 0) is 0 Å². The molecule has 0 saturated heterocycles. The van der Waals surface area contributed by atoms with Gasteiger partial charge in [-0.05, 0) is 55.2 Å². The Kier molecular flexibility index (Phi) is 7.43. The van der Waals surface area contributed by atoms with Crippen molar-refractivity contribution in [1.29, 1.82) is 0 Å². The first-order chi connectivity index (χ1) is 15.7. The molecule has 3 aromatic rings. The molecule has 3 rings (SSSR count). The summed E-state index contributed by atoms with van der Waals surface area (Å²) in [6.45, 7) is 4.95. The van der Waals surface area contributed by atoms with E-state index in [-0.39, 0.29) is 29.3 Å². The van der Waals surface area contributed by atoms with E-state index in [2.05, 4.69) is 4.98 Å². The Hall–Kier alpha value is -3.32. The molecule has 7 heteroatoms. The van der Waals surface area contributed by atoms with E-state index in [4.69, 9.17) is 0 Å². The van der Waals surface area contributed by atoms with Crippen LogP contribution < -0.4 is 0 Å². The van der Waals surface area contributed by atoms with E-state index in [0.29, 0.717) is 12.1 Å². The van der Waals surface area contributed by atoms with Gasteiger partial charge in [0.15, 0.2) is 0 Å². The highest BCUT2D eigenvalue weighted by molar-refractivity contribution is 5.78. The topological polar surface area (TPSA) is 58.3 Å². The zero-order valence-corrected chi connectivity index (χ0v) is 18.8. The van der Waals surface area contributed by atoms with Gasteiger partial charge >= 0.3 is 6.18 Å². The van der Waals surface area contributed by atoms with E-state index in [9.17, 15) is 23.4 Å². The zero-order chi connectivity index (χ0) is 24.2. The molecule has 0 spiro atoms. The largest absolute Gasteiger partial charge is 0.508 e. The molecule has 0 aliphatic heterocycles. The van der Waals surface area contributed by atoms with E-state index < -0.39 is 17.9 Å². The molecule has 2 N–H and O–H groups in total. The number of rotatable bonds is 7. The summed E-state index contributed by atoms with van der Waals surface area (Å²) in [5, 5.41) is 19.8. The molecule has 0 radical (unpaired) electrons. The third-order valence-corrected chi connectivity index (χ3v) is 5.13. The van der Waals surface area contributed by atoms with Gasteiger partial charge in [0.05, 0.1) is 17.4 Å². The number of aromatic hydroxyl groups is 1. The molecule has 0 amide bonds. The maximum atomic E-state index is 13.9. The average Bonchev–Trinajstić information content (AvgIpc) is 3.21. The second-order valence-electron chi connectivity index (χ2n) is 7.68. The summed E-state index contributed by atoms with van der Waals surface area (Å²) in [6, 6.07) is 14.0. The number of benzene rings is 2. The number of phenolic OH excluding ortho intramolecular Hbond substituents is 1. The number of hydrogen-bond acceptors (Lipinski definition) is 3. The quantitative estimate of drug-likeness (QED) is 0.377. The SMILES string of the molecule is CC/C=C(\C(=C/CC)C(F)(F)F)c1nc(C(C)O)cn1-c1ccc(-c2cccc(O)c2)cc1. The molecule has 2 aromatic carbocycles. The summed E-state index contributed by atoms with van der Waals surface area (Å²) >= 11 is 0. The summed E-state index contributed by atoms with van der Waals surface area (Å²) in [4.78, 5) is 4.38. The fraction of sp³-hybridized carbons (Fsp3) is 0.269. The van der Waals surface area contributed by atoms with Crippen molar-refractivity contribution in [1.82, 2.24) is 9.55 Å². The smallest absolute Gasteiger partial charge is 0.416 e. The van der Waals surface area contributed by atoms with Crippen molar-refractivity contribution in [2.75, 3.05) is 0 Å². The Balaban J connectivity index is 2.15. The van der Waals surface area contributed by atoms with E-state index >= 15 is 0 Å². The summed E-state index contributed by atoms with van der Waals surface area (Å²) in [7, 11) is 0. The number of nitrogens with zero attached hydrogens (tertiary/aromatic N) is 2. The highest BCUT2D eigenvalue weighted by Crippen LogP contribution is 2.38. The van der Waals surface area contributed by atoms with Gasteiger partial charge in [-0.25, -0.2) is 4.98 Å². The molecule has 1 unspecified atom stereocenters. The number of aromatic nitrogens is 2. The van der Waals surface area contributed by atoms with Crippen LogP contribution in [0.1, 0.15) is 51.2 Å². The second-order valence-corrected chi connectivity index (χ2v) is 7.68. The molecular weight excluding hydrogens is 429 g/mol. The van der Waals surface area contributed by atoms with Crippen LogP contribution >= 0.6 is 0 Å². The molecule has 1 heterocycles. The maximum Gasteiger partial charge on any atom is 0.416 e. The second kappa shape index (κ2) is 10.1. The van der Waals surface area contributed by atoms with E-state index in [1.807, 2.05) is 18.2 Å². The van der Waals surface area contributed by atoms with E-state index in [1.54, 1.807) is 54.9 Å². The summed E-state index contributed by atoms with van der Waals surface area (Å²) in [5.41, 5.74) is 1.78. The third kappa shape index (κ3) is 5.54. The van der Waals surface area contributed by atoms with Gasteiger partial charge in [-0.1, -0.05) is 50.3 Å². The molecule has 0 aliphatic rings. The molecule has 0 bridgehead atoms. The van der Waals surface area contributed by atoms with Crippen LogP contribution in [0.4, 0.5) is 13.2 Å². The number of phenols is 1. The van der Waals surface area contributed by atoms with Gasteiger partial charge in [-0.2, -0.15) is 13.2 Å². The van der Waals surface area contributed by atoms with Crippen molar-refractivity contribution < 1.29 is 23.4 Å². The zero-order valence-electron chi connectivity index (χ0n) is 18.8. The molecule has 33 heavy (non-hydrogen) atoms. The molecule has 4 nitrogen and oxygen atoms in total. The summed E-state index contributed by atoms with van der Waals surface area (Å²) < 4.78 is 43.3. The third-order valence-electron chi connectivity index (χ3n) is 5.13. The Morgan fingerprint density at radius 2 is 1.70 bits per heavy atom. The minimum absolute atomic E-state index is 0.0178. The Labute approximate surface area is 191 Å². The summed E-state index contributed by atoms with van der Waals surface area (Å²) in [6.07, 6.45) is -0.638. The van der Waals surface area contributed by atoms with Crippen LogP contribution in [0.5, 0.6) is 5.75 Å². The molecule has 0 fully saturated rings. The van der Waals surface area contributed by atoms with Crippen molar-refractivity contribution in [2.24, 2.45) is 0 Å². The molecule has 0 aliphatic carbocycles. The van der Waals surface area contributed by atoms with Gasteiger partial charge in [0.1, 0.15) is 11.6 Å². The van der Waals surface area contributed by atoms with Gasteiger partial charge in [-0.15, -0.1) is 0 Å². The van der Waals surface area contributed by atoms with Gasteiger partial charge in [0, 0.05) is 17.5 Å². The lowest BCUT2D eigenvalue weighted by Gasteiger charge is -2.17. The number of alkyl halides is 3. The Morgan fingerprint density at radius 3 is 2.24 bits per heavy atom. The highest BCUT2D eigenvalue weighted by atomic mass is 19.4. The normalized spacial score (nSPS) is 13.9. The van der Waals surface area contributed by atoms with Crippen molar-refractivity contribution in [3.05, 3.63) is 84.0 Å². The molecule has 1 atom stereocenters. The fourth-order valence-electron chi connectivity index (χ4n) is 3.59. The molecule has 174 valence electrons. The van der Waals surface area contributed by atoms with Crippen LogP contribution in [0.3, 0.4) is 0 Å². The van der Waals surface area contributed by atoms with Crippen LogP contribution in [0.15, 0.2) is 72.5 Å². The lowest BCUT2D eigenvalue weighted by Crippen LogP contribution is -2.15. The highest BCUT2D eigenvalue weighted by Gasteiger charge is 2.37. The van der Waals surface area contributed by atoms with Gasteiger partial charge in [0.25, 0.3) is 0 Å². The number of imidazole rings is 1. The molecule has 1 aromatic heterocycles. The summed E-state index contributed by atoms with van der Waals surface area (Å²) in [5.74, 6) is 0.265. The number of hydrogen-bond donors (Lipinski definition) is 2. The monoisotopic (exact) mass is 456 g/mol. The first-order valence-corrected chi connectivity index (χ1v) is 10.8. The van der Waals surface area contributed by atoms with Crippen molar-refractivity contribution >= 4 is 5.57 Å². The number of aliphatic hydroxyl groups is 1. The van der Waals surface area contributed by atoms with Crippen LogP contribution in [-0.4, -0.2) is 25.9 Å². The standard InChI is InChI=1S/C26H27F3N2O2/c1-4-7-22(23(8-5-2)26(27,28)29)25-30-24(17(3)32)16-31(25)20-13-11-18(12-14-20)19-9-6-10-21(33)15-19/h6-17,32-33H,4-5H2,1-3H3/b22-7+,23-8+. The number of aliphatic hydroxyl groups excluding tert-OH is 1. The van der Waals surface area contributed by atoms with Crippen molar-refractivity contribution in [3.8, 4) is 22.6 Å². The van der Waals surface area contributed by atoms with Crippen molar-refractivity contribution in [3.63, 3.8) is 0 Å². The van der Waals surface area contributed by atoms with Gasteiger partial charge in [-0.3, -0.25) is 4.57 Å². The first-order valence-electron chi connectivity index (χ1n) is 10.8. The van der Waals surface area contributed by atoms with Crippen molar-refractivity contribution in [2.45, 2.75) is 45.9 Å². The minimum Gasteiger partial charge on any atom is -0.508 e. The van der Waals surface area contributed by atoms with E-state index in [1.165, 1.54) is 13.0 Å². The maximum absolute atomic E-state index is 13.9. The lowest BCUT2D eigenvalue weighted by molar-refractivity contribution is -0.0873. The van der Waals surface area contributed by atoms with Crippen LogP contribution in [0, 0.1) is 0 Å². The predicted octanol–water partition coefficient (Wildman–Crippen LogP) is 6.99. The number of allylic oxidation sites excluding steroid dienone is 4. The van der Waals surface area contributed by atoms with Crippen LogP contribution in [0.2, 0.25) is 0 Å². The minimum atomic E-state index is -4.54. The Bertz CT molecular complexity index is 1160. The average molecular weight is 457 g/mol. The van der Waals surface area contributed by atoms with Gasteiger partial charge in [0.2, 0.25) is 0 Å². The van der Waals surface area contributed by atoms with E-state index in [0.717, 1.165) is 17.2 Å². The molecule has 0 saturated carbocycles. The van der Waals surface area contributed by atoms with Gasteiger partial charge < -0.3 is 10.2 Å². The molecular formula is C26H27F3N2O2. The predicted molar refractivity (Wildman–Crippen MR) is 124 cm³/mol. The first kappa shape index (κ1) is 24.3. The van der Waals surface area contributed by atoms with Crippen LogP contribution in [0.25, 0.3) is 22.4 Å². The lowest BCUT2D eigenvalue weighted by atomic mass is 10.0. The number of halogens is 3. The fourth-order valence-corrected chi connectivity index (χ4v) is 3.59. The Morgan fingerprint density at radius 1 is 1.03 bits per heavy atom.